The van der Waals surface area contributed by atoms with Gasteiger partial charge in [0, 0.05) is 6.08 Å². The fourth-order valence-electron chi connectivity index (χ4n) is 0.581. The van der Waals surface area contributed by atoms with Gasteiger partial charge >= 0.3 is 0 Å². The standard InChI is InChI=1S/C6H6ClN2/c1-3-5-6(7)9-4(2)8-5/h1H2,2H3,(H,8,9). The summed E-state index contributed by atoms with van der Waals surface area (Å²) in [6.45, 7) is 5.25. The van der Waals surface area contributed by atoms with Crippen molar-refractivity contribution in [2.75, 3.05) is 0 Å². The average molecular weight is 142 g/mol. The summed E-state index contributed by atoms with van der Waals surface area (Å²) < 4.78 is 0. The van der Waals surface area contributed by atoms with Crippen LogP contribution in [0.3, 0.4) is 0 Å². The highest BCUT2D eigenvalue weighted by molar-refractivity contribution is 6.30. The SMILES string of the molecule is C=[C]c1[nH]c(C)nc1Cl. The van der Waals surface area contributed by atoms with Crippen molar-refractivity contribution >= 4 is 11.6 Å². The molecule has 9 heavy (non-hydrogen) atoms. The zero-order valence-corrected chi connectivity index (χ0v) is 5.79. The van der Waals surface area contributed by atoms with Crippen LogP contribution in [0.15, 0.2) is 6.58 Å². The topological polar surface area (TPSA) is 28.7 Å². The monoisotopic (exact) mass is 141 g/mol. The van der Waals surface area contributed by atoms with E-state index in [4.69, 9.17) is 11.6 Å². The second-order valence-electron chi connectivity index (χ2n) is 1.66. The van der Waals surface area contributed by atoms with Crippen molar-refractivity contribution in [3.8, 4) is 0 Å². The van der Waals surface area contributed by atoms with E-state index in [0.717, 1.165) is 5.82 Å². The number of aromatic amines is 1. The number of hydrogen-bond donors (Lipinski definition) is 1. The van der Waals surface area contributed by atoms with E-state index < -0.39 is 0 Å². The third kappa shape index (κ3) is 1.13. The van der Waals surface area contributed by atoms with Gasteiger partial charge in [-0.05, 0) is 6.92 Å². The van der Waals surface area contributed by atoms with Gasteiger partial charge in [0.05, 0.1) is 5.69 Å². The largest absolute Gasteiger partial charge is 0.341 e. The number of halogens is 1. The molecular formula is C6H6ClN2. The number of rotatable bonds is 1. The van der Waals surface area contributed by atoms with E-state index in [1.54, 1.807) is 0 Å². The number of nitrogens with zero attached hydrogens (tertiary/aromatic N) is 1. The summed E-state index contributed by atoms with van der Waals surface area (Å²) in [4.78, 5) is 6.77. The first-order chi connectivity index (χ1) is 4.24. The Morgan fingerprint density at radius 1 is 1.78 bits per heavy atom. The third-order valence-corrected chi connectivity index (χ3v) is 1.23. The van der Waals surface area contributed by atoms with E-state index in [9.17, 15) is 0 Å². The van der Waals surface area contributed by atoms with Crippen LogP contribution in [0.2, 0.25) is 5.15 Å². The van der Waals surface area contributed by atoms with E-state index >= 15 is 0 Å². The Balaban J connectivity index is 3.15. The third-order valence-electron chi connectivity index (χ3n) is 0.955. The van der Waals surface area contributed by atoms with Crippen molar-refractivity contribution in [3.05, 3.63) is 29.3 Å². The van der Waals surface area contributed by atoms with Crippen molar-refractivity contribution in [2.45, 2.75) is 6.92 Å². The van der Waals surface area contributed by atoms with Crippen LogP contribution in [-0.2, 0) is 0 Å². The summed E-state index contributed by atoms with van der Waals surface area (Å²) in [7, 11) is 0. The molecular weight excluding hydrogens is 136 g/mol. The first-order valence-electron chi connectivity index (χ1n) is 2.49. The van der Waals surface area contributed by atoms with E-state index in [2.05, 4.69) is 22.6 Å². The molecule has 0 fully saturated rings. The molecule has 0 amide bonds. The highest BCUT2D eigenvalue weighted by Gasteiger charge is 1.99. The van der Waals surface area contributed by atoms with Gasteiger partial charge in [0.25, 0.3) is 0 Å². The van der Waals surface area contributed by atoms with Crippen molar-refractivity contribution in [3.63, 3.8) is 0 Å². The number of imidazole rings is 1. The van der Waals surface area contributed by atoms with E-state index in [0.29, 0.717) is 10.8 Å². The van der Waals surface area contributed by atoms with Gasteiger partial charge < -0.3 is 4.98 Å². The molecule has 0 aliphatic carbocycles. The fraction of sp³-hybridized carbons (Fsp3) is 0.167. The molecule has 0 aromatic carbocycles. The number of H-pyrrole nitrogens is 1. The Labute approximate surface area is 58.6 Å². The van der Waals surface area contributed by atoms with Gasteiger partial charge in [-0.1, -0.05) is 18.2 Å². The first kappa shape index (κ1) is 6.36. The van der Waals surface area contributed by atoms with Crippen molar-refractivity contribution in [1.82, 2.24) is 9.97 Å². The van der Waals surface area contributed by atoms with Crippen molar-refractivity contribution in [1.29, 1.82) is 0 Å². The molecule has 0 saturated carbocycles. The molecule has 1 aromatic heterocycles. The molecule has 1 aromatic rings. The zero-order chi connectivity index (χ0) is 6.85. The quantitative estimate of drug-likeness (QED) is 0.634. The summed E-state index contributed by atoms with van der Waals surface area (Å²) in [5.74, 6) is 0.783. The lowest BCUT2D eigenvalue weighted by Crippen LogP contribution is -1.72. The van der Waals surface area contributed by atoms with Crippen molar-refractivity contribution in [2.24, 2.45) is 0 Å². The summed E-state index contributed by atoms with van der Waals surface area (Å²) in [5, 5.41) is 0.433. The predicted molar refractivity (Wildman–Crippen MR) is 36.3 cm³/mol. The molecule has 0 spiro atoms. The maximum Gasteiger partial charge on any atom is 0.155 e. The molecule has 0 atom stereocenters. The van der Waals surface area contributed by atoms with Gasteiger partial charge in [-0.15, -0.1) is 0 Å². The Morgan fingerprint density at radius 3 is 2.67 bits per heavy atom. The summed E-state index contributed by atoms with van der Waals surface area (Å²) in [5.41, 5.74) is 0.661. The average Bonchev–Trinajstić information content (AvgIpc) is 2.10. The fourth-order valence-corrected chi connectivity index (χ4v) is 0.822. The molecule has 47 valence electrons. The molecule has 0 saturated heterocycles. The van der Waals surface area contributed by atoms with Gasteiger partial charge in [-0.2, -0.15) is 0 Å². The van der Waals surface area contributed by atoms with Crippen LogP contribution < -0.4 is 0 Å². The number of aromatic nitrogens is 2. The molecule has 1 N–H and O–H groups in total. The highest BCUT2D eigenvalue weighted by Crippen LogP contribution is 2.10. The van der Waals surface area contributed by atoms with Gasteiger partial charge in [0.1, 0.15) is 5.82 Å². The molecule has 3 heteroatoms. The van der Waals surface area contributed by atoms with Gasteiger partial charge in [-0.3, -0.25) is 0 Å². The van der Waals surface area contributed by atoms with Crippen LogP contribution in [0, 0.1) is 13.0 Å². The smallest absolute Gasteiger partial charge is 0.155 e. The summed E-state index contributed by atoms with van der Waals surface area (Å²) in [6.07, 6.45) is 2.62. The molecule has 0 bridgehead atoms. The minimum Gasteiger partial charge on any atom is -0.341 e. The molecule has 0 aliphatic rings. The van der Waals surface area contributed by atoms with E-state index in [1.807, 2.05) is 6.92 Å². The molecule has 0 aliphatic heterocycles. The Hall–Kier alpha value is -0.760. The van der Waals surface area contributed by atoms with Crippen LogP contribution in [-0.4, -0.2) is 9.97 Å². The number of hydrogen-bond acceptors (Lipinski definition) is 1. The molecule has 0 unspecified atom stereocenters. The molecule has 2 nitrogen and oxygen atoms in total. The molecule has 1 radical (unpaired) electrons. The second-order valence-corrected chi connectivity index (χ2v) is 2.02. The van der Waals surface area contributed by atoms with Crippen LogP contribution in [0.25, 0.3) is 0 Å². The van der Waals surface area contributed by atoms with E-state index in [-0.39, 0.29) is 0 Å². The zero-order valence-electron chi connectivity index (χ0n) is 5.03. The maximum absolute atomic E-state index is 5.60. The van der Waals surface area contributed by atoms with Crippen molar-refractivity contribution < 1.29 is 0 Å². The lowest BCUT2D eigenvalue weighted by molar-refractivity contribution is 1.14. The number of aryl methyl sites for hydroxylation is 1. The van der Waals surface area contributed by atoms with Crippen LogP contribution in [0.4, 0.5) is 0 Å². The van der Waals surface area contributed by atoms with Gasteiger partial charge in [0.15, 0.2) is 5.15 Å². The van der Waals surface area contributed by atoms with Crippen LogP contribution in [0.5, 0.6) is 0 Å². The Bertz CT molecular complexity index is 227. The molecule has 1 heterocycles. The lowest BCUT2D eigenvalue weighted by Gasteiger charge is -1.79. The highest BCUT2D eigenvalue weighted by atomic mass is 35.5. The minimum absolute atomic E-state index is 0.433. The first-order valence-corrected chi connectivity index (χ1v) is 2.87. The molecule has 1 rings (SSSR count). The number of nitrogens with one attached hydrogen (secondary N) is 1. The normalized spacial score (nSPS) is 9.56. The Kier molecular flexibility index (Phi) is 1.58. The van der Waals surface area contributed by atoms with Crippen LogP contribution >= 0.6 is 11.6 Å². The maximum atomic E-state index is 5.60. The predicted octanol–water partition coefficient (Wildman–Crippen LogP) is 1.71. The summed E-state index contributed by atoms with van der Waals surface area (Å²) in [6, 6.07) is 0. The minimum atomic E-state index is 0.433. The lowest BCUT2D eigenvalue weighted by atomic mass is 10.5. The summed E-state index contributed by atoms with van der Waals surface area (Å²) >= 11 is 5.60. The van der Waals surface area contributed by atoms with E-state index in [1.165, 1.54) is 0 Å². The van der Waals surface area contributed by atoms with Gasteiger partial charge in [-0.25, -0.2) is 4.98 Å². The van der Waals surface area contributed by atoms with Gasteiger partial charge in [0.2, 0.25) is 0 Å². The van der Waals surface area contributed by atoms with Crippen LogP contribution in [0.1, 0.15) is 11.5 Å². The second kappa shape index (κ2) is 2.23. The Morgan fingerprint density at radius 2 is 2.44 bits per heavy atom.